The van der Waals surface area contributed by atoms with Gasteiger partial charge in [-0.15, -0.1) is 9.24 Å². The van der Waals surface area contributed by atoms with Crippen molar-refractivity contribution in [3.8, 4) is 0 Å². The molecule has 1 fully saturated rings. The second-order valence-electron chi connectivity index (χ2n) is 5.91. The van der Waals surface area contributed by atoms with Crippen LogP contribution >= 0.6 is 9.24 Å². The summed E-state index contributed by atoms with van der Waals surface area (Å²) in [6.07, 6.45) is 10.1. The van der Waals surface area contributed by atoms with Crippen LogP contribution in [0.3, 0.4) is 0 Å². The SMILES string of the molecule is CCCC(P)CC(C)CC(C)CC1CC1. The van der Waals surface area contributed by atoms with Gasteiger partial charge in [0, 0.05) is 0 Å². The van der Waals surface area contributed by atoms with Crippen molar-refractivity contribution in [2.45, 2.75) is 71.4 Å². The molecular weight excluding hydrogens is 199 g/mol. The molecule has 0 aromatic carbocycles. The first kappa shape index (κ1) is 13.5. The molecule has 1 saturated carbocycles. The fourth-order valence-corrected chi connectivity index (χ4v) is 3.61. The zero-order valence-corrected chi connectivity index (χ0v) is 12.0. The van der Waals surface area contributed by atoms with Crippen LogP contribution in [0.25, 0.3) is 0 Å². The van der Waals surface area contributed by atoms with Crippen molar-refractivity contribution in [1.82, 2.24) is 0 Å². The molecule has 0 heterocycles. The second kappa shape index (κ2) is 6.89. The molecular formula is C14H29P. The summed E-state index contributed by atoms with van der Waals surface area (Å²) in [5, 5.41) is 0. The van der Waals surface area contributed by atoms with E-state index in [4.69, 9.17) is 0 Å². The fourth-order valence-electron chi connectivity index (χ4n) is 2.81. The lowest BCUT2D eigenvalue weighted by Crippen LogP contribution is -2.09. The van der Waals surface area contributed by atoms with E-state index in [9.17, 15) is 0 Å². The van der Waals surface area contributed by atoms with Gasteiger partial charge in [-0.1, -0.05) is 40.0 Å². The molecule has 4 atom stereocenters. The van der Waals surface area contributed by atoms with Crippen molar-refractivity contribution in [2.24, 2.45) is 17.8 Å². The van der Waals surface area contributed by atoms with Crippen LogP contribution in [-0.4, -0.2) is 5.66 Å². The zero-order chi connectivity index (χ0) is 11.3. The Balaban J connectivity index is 2.07. The van der Waals surface area contributed by atoms with E-state index in [1.807, 2.05) is 0 Å². The number of hydrogen-bond acceptors (Lipinski definition) is 0. The molecule has 0 spiro atoms. The molecule has 15 heavy (non-hydrogen) atoms. The highest BCUT2D eigenvalue weighted by atomic mass is 31.0. The van der Waals surface area contributed by atoms with Gasteiger partial charge in [0.15, 0.2) is 0 Å². The van der Waals surface area contributed by atoms with Gasteiger partial charge in [0.2, 0.25) is 0 Å². The third kappa shape index (κ3) is 6.56. The van der Waals surface area contributed by atoms with Crippen molar-refractivity contribution in [3.05, 3.63) is 0 Å². The van der Waals surface area contributed by atoms with Crippen molar-refractivity contribution in [1.29, 1.82) is 0 Å². The Morgan fingerprint density at radius 2 is 1.80 bits per heavy atom. The smallest absolute Gasteiger partial charge is 0.0262 e. The standard InChI is InChI=1S/C14H29P/c1-4-5-14(15)10-12(3)8-11(2)9-13-6-7-13/h11-14H,4-10,15H2,1-3H3. The summed E-state index contributed by atoms with van der Waals surface area (Å²) in [5.41, 5.74) is 0.859. The van der Waals surface area contributed by atoms with Crippen LogP contribution < -0.4 is 0 Å². The first-order valence-electron chi connectivity index (χ1n) is 6.87. The molecule has 1 aliphatic rings. The molecule has 0 saturated heterocycles. The first-order chi connectivity index (χ1) is 7.11. The fraction of sp³-hybridized carbons (Fsp3) is 1.00. The predicted molar refractivity (Wildman–Crippen MR) is 73.3 cm³/mol. The molecule has 0 aromatic heterocycles. The Kier molecular flexibility index (Phi) is 6.20. The highest BCUT2D eigenvalue weighted by Gasteiger charge is 2.24. The van der Waals surface area contributed by atoms with E-state index in [0.29, 0.717) is 0 Å². The highest BCUT2D eigenvalue weighted by Crippen LogP contribution is 2.37. The van der Waals surface area contributed by atoms with E-state index in [2.05, 4.69) is 30.0 Å². The number of rotatable bonds is 8. The molecule has 1 aliphatic carbocycles. The van der Waals surface area contributed by atoms with Crippen molar-refractivity contribution >= 4 is 9.24 Å². The van der Waals surface area contributed by atoms with E-state index in [1.54, 1.807) is 0 Å². The summed E-state index contributed by atoms with van der Waals surface area (Å²) in [6.45, 7) is 7.18. The average molecular weight is 228 g/mol. The lowest BCUT2D eigenvalue weighted by Gasteiger charge is -2.20. The molecule has 4 unspecified atom stereocenters. The monoisotopic (exact) mass is 228 g/mol. The molecule has 0 amide bonds. The maximum Gasteiger partial charge on any atom is -0.0262 e. The molecule has 0 N–H and O–H groups in total. The lowest BCUT2D eigenvalue weighted by molar-refractivity contribution is 0.359. The largest absolute Gasteiger partial charge is 0.134 e. The van der Waals surface area contributed by atoms with Gasteiger partial charge in [-0.3, -0.25) is 0 Å². The number of hydrogen-bond donors (Lipinski definition) is 0. The molecule has 90 valence electrons. The normalized spacial score (nSPS) is 22.4. The Morgan fingerprint density at radius 1 is 1.13 bits per heavy atom. The minimum absolute atomic E-state index is 0.859. The minimum Gasteiger partial charge on any atom is -0.134 e. The molecule has 0 aliphatic heterocycles. The van der Waals surface area contributed by atoms with Gasteiger partial charge in [0.05, 0.1) is 0 Å². The quantitative estimate of drug-likeness (QED) is 0.519. The van der Waals surface area contributed by atoms with E-state index in [-0.39, 0.29) is 0 Å². The van der Waals surface area contributed by atoms with Crippen molar-refractivity contribution < 1.29 is 0 Å². The molecule has 1 heteroatoms. The van der Waals surface area contributed by atoms with Crippen LogP contribution in [0.1, 0.15) is 65.7 Å². The molecule has 0 aromatic rings. The first-order valence-corrected chi connectivity index (χ1v) is 7.54. The predicted octanol–water partition coefficient (Wildman–Crippen LogP) is 4.88. The van der Waals surface area contributed by atoms with Crippen LogP contribution in [0.5, 0.6) is 0 Å². The summed E-state index contributed by atoms with van der Waals surface area (Å²) < 4.78 is 0. The Bertz CT molecular complexity index is 163. The van der Waals surface area contributed by atoms with Crippen molar-refractivity contribution in [3.63, 3.8) is 0 Å². The van der Waals surface area contributed by atoms with Gasteiger partial charge >= 0.3 is 0 Å². The Hall–Kier alpha value is 0.430. The van der Waals surface area contributed by atoms with Gasteiger partial charge < -0.3 is 0 Å². The molecule has 0 radical (unpaired) electrons. The lowest BCUT2D eigenvalue weighted by atomic mass is 9.89. The van der Waals surface area contributed by atoms with Gasteiger partial charge in [-0.25, -0.2) is 0 Å². The minimum atomic E-state index is 0.859. The maximum atomic E-state index is 3.03. The van der Waals surface area contributed by atoms with Gasteiger partial charge in [-0.05, 0) is 49.1 Å². The van der Waals surface area contributed by atoms with Crippen LogP contribution in [0, 0.1) is 17.8 Å². The summed E-state index contributed by atoms with van der Waals surface area (Å²) >= 11 is 0. The Morgan fingerprint density at radius 3 is 2.33 bits per heavy atom. The summed E-state index contributed by atoms with van der Waals surface area (Å²) in [5.74, 6) is 2.99. The van der Waals surface area contributed by atoms with E-state index < -0.39 is 0 Å². The summed E-state index contributed by atoms with van der Waals surface area (Å²) in [4.78, 5) is 0. The summed E-state index contributed by atoms with van der Waals surface area (Å²) in [6, 6.07) is 0. The molecule has 0 bridgehead atoms. The van der Waals surface area contributed by atoms with Crippen LogP contribution in [0.15, 0.2) is 0 Å². The zero-order valence-electron chi connectivity index (χ0n) is 10.8. The van der Waals surface area contributed by atoms with Crippen LogP contribution in [-0.2, 0) is 0 Å². The third-order valence-electron chi connectivity index (χ3n) is 3.60. The van der Waals surface area contributed by atoms with Gasteiger partial charge in [0.25, 0.3) is 0 Å². The van der Waals surface area contributed by atoms with Gasteiger partial charge in [-0.2, -0.15) is 0 Å². The molecule has 1 rings (SSSR count). The highest BCUT2D eigenvalue weighted by molar-refractivity contribution is 7.17. The van der Waals surface area contributed by atoms with E-state index in [0.717, 1.165) is 23.4 Å². The van der Waals surface area contributed by atoms with Gasteiger partial charge in [0.1, 0.15) is 0 Å². The topological polar surface area (TPSA) is 0 Å². The van der Waals surface area contributed by atoms with E-state index in [1.165, 1.54) is 44.9 Å². The second-order valence-corrected chi connectivity index (χ2v) is 6.85. The van der Waals surface area contributed by atoms with Crippen molar-refractivity contribution in [2.75, 3.05) is 0 Å². The average Bonchev–Trinajstić information content (AvgIpc) is 2.87. The molecule has 0 nitrogen and oxygen atoms in total. The van der Waals surface area contributed by atoms with E-state index >= 15 is 0 Å². The van der Waals surface area contributed by atoms with Crippen LogP contribution in [0.2, 0.25) is 0 Å². The summed E-state index contributed by atoms with van der Waals surface area (Å²) in [7, 11) is 3.03. The third-order valence-corrected chi connectivity index (χ3v) is 4.21. The Labute approximate surface area is 98.8 Å². The maximum absolute atomic E-state index is 3.03. The van der Waals surface area contributed by atoms with Crippen LogP contribution in [0.4, 0.5) is 0 Å².